The smallest absolute Gasteiger partial charge is 0.268 e. The molecule has 1 aromatic heterocycles. The molecule has 0 fully saturated rings. The van der Waals surface area contributed by atoms with Gasteiger partial charge in [0.15, 0.2) is 5.43 Å². The summed E-state index contributed by atoms with van der Waals surface area (Å²) in [6.07, 6.45) is 0. The summed E-state index contributed by atoms with van der Waals surface area (Å²) in [7, 11) is 0. The Labute approximate surface area is 157 Å². The molecule has 0 atom stereocenters. The molecule has 0 saturated heterocycles. The Morgan fingerprint density at radius 2 is 1.77 bits per heavy atom. The number of fused-ring (bicyclic) bond motifs is 1. The zero-order valence-corrected chi connectivity index (χ0v) is 15.3. The lowest BCUT2D eigenvalue weighted by molar-refractivity contribution is -0.120. The zero-order valence-electron chi connectivity index (χ0n) is 13.7. The van der Waals surface area contributed by atoms with Crippen molar-refractivity contribution in [2.75, 3.05) is 6.54 Å². The van der Waals surface area contributed by atoms with E-state index in [9.17, 15) is 14.4 Å². The number of aromatic amines is 1. The molecular weight excluding hydrogens is 398 g/mol. The molecule has 0 bridgehead atoms. The van der Waals surface area contributed by atoms with E-state index >= 15 is 0 Å². The van der Waals surface area contributed by atoms with Crippen LogP contribution in [0.25, 0.3) is 10.9 Å². The summed E-state index contributed by atoms with van der Waals surface area (Å²) in [5.74, 6) is -0.823. The number of carbonyl (C=O) groups is 2. The lowest BCUT2D eigenvalue weighted by Crippen LogP contribution is -2.37. The molecule has 1 heterocycles. The van der Waals surface area contributed by atoms with Crippen molar-refractivity contribution in [3.8, 4) is 0 Å². The Bertz CT molecular complexity index is 1020. The van der Waals surface area contributed by atoms with Crippen LogP contribution < -0.4 is 16.1 Å². The number of aromatic nitrogens is 1. The first-order valence-electron chi connectivity index (χ1n) is 7.94. The molecule has 6 nitrogen and oxygen atoms in total. The maximum Gasteiger partial charge on any atom is 0.268 e. The molecule has 2 aromatic carbocycles. The quantitative estimate of drug-likeness (QED) is 0.599. The third-order valence-corrected chi connectivity index (χ3v) is 4.27. The standard InChI is InChI=1S/C19H16BrN3O3/c20-13-6-7-15-14(8-13)17(24)9-16(23-15)19(26)22-11-18(25)21-10-12-4-2-1-3-5-12/h1-9H,10-11H2,(H,21,25)(H,22,26)(H,23,24). The summed E-state index contributed by atoms with van der Waals surface area (Å²) in [6, 6.07) is 15.9. The van der Waals surface area contributed by atoms with Crippen molar-refractivity contribution >= 4 is 38.6 Å². The van der Waals surface area contributed by atoms with Crippen molar-refractivity contribution < 1.29 is 9.59 Å². The van der Waals surface area contributed by atoms with Crippen LogP contribution in [0.5, 0.6) is 0 Å². The van der Waals surface area contributed by atoms with E-state index in [1.807, 2.05) is 30.3 Å². The van der Waals surface area contributed by atoms with Gasteiger partial charge < -0.3 is 15.6 Å². The SMILES string of the molecule is O=C(CNC(=O)c1cc(=O)c2cc(Br)ccc2[nH]1)NCc1ccccc1. The molecule has 0 radical (unpaired) electrons. The van der Waals surface area contributed by atoms with Gasteiger partial charge in [-0.1, -0.05) is 46.3 Å². The molecule has 0 saturated carbocycles. The molecule has 0 aliphatic rings. The van der Waals surface area contributed by atoms with E-state index in [2.05, 4.69) is 31.5 Å². The van der Waals surface area contributed by atoms with Crippen molar-refractivity contribution in [1.82, 2.24) is 15.6 Å². The van der Waals surface area contributed by atoms with Crippen LogP contribution in [0.2, 0.25) is 0 Å². The summed E-state index contributed by atoms with van der Waals surface area (Å²) in [5, 5.41) is 5.71. The highest BCUT2D eigenvalue weighted by molar-refractivity contribution is 9.10. The number of hydrogen-bond donors (Lipinski definition) is 3. The minimum Gasteiger partial charge on any atom is -0.350 e. The monoisotopic (exact) mass is 413 g/mol. The normalized spacial score (nSPS) is 10.5. The molecule has 0 unspecified atom stereocenters. The fourth-order valence-electron chi connectivity index (χ4n) is 2.46. The predicted octanol–water partition coefficient (Wildman–Crippen LogP) is 2.34. The number of hydrogen-bond acceptors (Lipinski definition) is 3. The third-order valence-electron chi connectivity index (χ3n) is 3.78. The second-order valence-electron chi connectivity index (χ2n) is 5.68. The number of benzene rings is 2. The molecule has 3 aromatic rings. The maximum absolute atomic E-state index is 12.2. The Morgan fingerprint density at radius 1 is 1.00 bits per heavy atom. The van der Waals surface area contributed by atoms with E-state index < -0.39 is 5.91 Å². The number of rotatable bonds is 5. The minimum absolute atomic E-state index is 0.112. The van der Waals surface area contributed by atoms with E-state index in [1.54, 1.807) is 18.2 Å². The highest BCUT2D eigenvalue weighted by Crippen LogP contribution is 2.15. The van der Waals surface area contributed by atoms with Gasteiger partial charge in [0.2, 0.25) is 5.91 Å². The van der Waals surface area contributed by atoms with Crippen LogP contribution >= 0.6 is 15.9 Å². The molecule has 7 heteroatoms. The van der Waals surface area contributed by atoms with Crippen LogP contribution in [-0.2, 0) is 11.3 Å². The van der Waals surface area contributed by atoms with Gasteiger partial charge in [0.25, 0.3) is 5.91 Å². The molecule has 2 amide bonds. The Hall–Kier alpha value is -2.93. The molecule has 0 spiro atoms. The first-order chi connectivity index (χ1) is 12.5. The summed E-state index contributed by atoms with van der Waals surface area (Å²) in [6.45, 7) is 0.212. The lowest BCUT2D eigenvalue weighted by atomic mass is 10.2. The van der Waals surface area contributed by atoms with Gasteiger partial charge in [-0.15, -0.1) is 0 Å². The molecule has 132 valence electrons. The molecule has 26 heavy (non-hydrogen) atoms. The van der Waals surface area contributed by atoms with E-state index in [-0.39, 0.29) is 23.6 Å². The number of amides is 2. The molecule has 0 aliphatic heterocycles. The fraction of sp³-hybridized carbons (Fsp3) is 0.105. The Kier molecular flexibility index (Phi) is 5.48. The first kappa shape index (κ1) is 17.9. The average molecular weight is 414 g/mol. The van der Waals surface area contributed by atoms with Crippen molar-refractivity contribution in [1.29, 1.82) is 0 Å². The van der Waals surface area contributed by atoms with E-state index in [0.717, 1.165) is 10.0 Å². The van der Waals surface area contributed by atoms with Gasteiger partial charge in [0.1, 0.15) is 5.69 Å². The van der Waals surface area contributed by atoms with Crippen LogP contribution in [-0.4, -0.2) is 23.3 Å². The zero-order chi connectivity index (χ0) is 18.5. The number of halogens is 1. The largest absolute Gasteiger partial charge is 0.350 e. The van der Waals surface area contributed by atoms with Crippen molar-refractivity contribution in [2.24, 2.45) is 0 Å². The second kappa shape index (κ2) is 7.97. The van der Waals surface area contributed by atoms with E-state index in [0.29, 0.717) is 17.4 Å². The van der Waals surface area contributed by atoms with Crippen LogP contribution in [0.3, 0.4) is 0 Å². The van der Waals surface area contributed by atoms with Crippen LogP contribution in [0.15, 0.2) is 63.9 Å². The van der Waals surface area contributed by atoms with Crippen molar-refractivity contribution in [3.63, 3.8) is 0 Å². The Morgan fingerprint density at radius 3 is 2.54 bits per heavy atom. The van der Waals surface area contributed by atoms with E-state index in [1.165, 1.54) is 6.07 Å². The van der Waals surface area contributed by atoms with Gasteiger partial charge in [0.05, 0.1) is 6.54 Å². The highest BCUT2D eigenvalue weighted by atomic mass is 79.9. The van der Waals surface area contributed by atoms with Gasteiger partial charge in [-0.2, -0.15) is 0 Å². The number of H-pyrrole nitrogens is 1. The van der Waals surface area contributed by atoms with Crippen LogP contribution in [0, 0.1) is 0 Å². The average Bonchev–Trinajstić information content (AvgIpc) is 2.65. The maximum atomic E-state index is 12.2. The van der Waals surface area contributed by atoms with Gasteiger partial charge in [-0.05, 0) is 23.8 Å². The summed E-state index contributed by atoms with van der Waals surface area (Å²) in [4.78, 5) is 39.1. The van der Waals surface area contributed by atoms with Crippen molar-refractivity contribution in [2.45, 2.75) is 6.54 Å². The summed E-state index contributed by atoms with van der Waals surface area (Å²) < 4.78 is 0.780. The third kappa shape index (κ3) is 4.37. The summed E-state index contributed by atoms with van der Waals surface area (Å²) >= 11 is 3.31. The number of pyridine rings is 1. The van der Waals surface area contributed by atoms with Gasteiger partial charge >= 0.3 is 0 Å². The highest BCUT2D eigenvalue weighted by Gasteiger charge is 2.11. The minimum atomic E-state index is -0.512. The Balaban J connectivity index is 1.61. The number of carbonyl (C=O) groups excluding carboxylic acids is 2. The topological polar surface area (TPSA) is 91.1 Å². The molecular formula is C19H16BrN3O3. The predicted molar refractivity (Wildman–Crippen MR) is 103 cm³/mol. The first-order valence-corrected chi connectivity index (χ1v) is 8.73. The van der Waals surface area contributed by atoms with Gasteiger partial charge in [0, 0.05) is 28.0 Å². The summed E-state index contributed by atoms with van der Waals surface area (Å²) in [5.41, 5.74) is 1.37. The van der Waals surface area contributed by atoms with Gasteiger partial charge in [-0.25, -0.2) is 0 Å². The number of nitrogens with one attached hydrogen (secondary N) is 3. The molecule has 0 aliphatic carbocycles. The van der Waals surface area contributed by atoms with Gasteiger partial charge in [-0.3, -0.25) is 14.4 Å². The molecule has 3 rings (SSSR count). The van der Waals surface area contributed by atoms with Crippen molar-refractivity contribution in [3.05, 3.63) is 80.6 Å². The lowest BCUT2D eigenvalue weighted by Gasteiger charge is -2.08. The van der Waals surface area contributed by atoms with E-state index in [4.69, 9.17) is 0 Å². The van der Waals surface area contributed by atoms with Crippen LogP contribution in [0.1, 0.15) is 16.1 Å². The second-order valence-corrected chi connectivity index (χ2v) is 6.60. The van der Waals surface area contributed by atoms with Crippen LogP contribution in [0.4, 0.5) is 0 Å². The fourth-order valence-corrected chi connectivity index (χ4v) is 2.82. The molecule has 3 N–H and O–H groups in total.